The first-order valence-corrected chi connectivity index (χ1v) is 9.11. The molecule has 0 radical (unpaired) electrons. The van der Waals surface area contributed by atoms with E-state index in [1.807, 2.05) is 48.5 Å². The lowest BCUT2D eigenvalue weighted by Crippen LogP contribution is -2.37. The lowest BCUT2D eigenvalue weighted by atomic mass is 10.0. The molecular formula is C21H26N4O2. The minimum Gasteiger partial charge on any atom is -0.497 e. The van der Waals surface area contributed by atoms with Gasteiger partial charge in [0, 0.05) is 23.5 Å². The Hall–Kier alpha value is -2.83. The van der Waals surface area contributed by atoms with Crippen molar-refractivity contribution < 1.29 is 9.53 Å². The molecule has 6 N–H and O–H groups in total. The van der Waals surface area contributed by atoms with Crippen LogP contribution in [0.25, 0.3) is 22.0 Å². The number of carbonyl (C=O) groups is 1. The van der Waals surface area contributed by atoms with Gasteiger partial charge in [-0.1, -0.05) is 24.3 Å². The number of fused-ring (bicyclic) bond motifs is 1. The molecule has 27 heavy (non-hydrogen) atoms. The second-order valence-corrected chi connectivity index (χ2v) is 6.61. The number of aromatic amines is 1. The fourth-order valence-electron chi connectivity index (χ4n) is 3.01. The quantitative estimate of drug-likeness (QED) is 0.492. The topological polar surface area (TPSA) is 106 Å². The summed E-state index contributed by atoms with van der Waals surface area (Å²) in [5, 5.41) is 3.87. The molecule has 3 rings (SSSR count). The van der Waals surface area contributed by atoms with Crippen LogP contribution in [0.1, 0.15) is 23.3 Å². The summed E-state index contributed by atoms with van der Waals surface area (Å²) in [4.78, 5) is 15.6. The minimum absolute atomic E-state index is 0.0800. The van der Waals surface area contributed by atoms with E-state index in [9.17, 15) is 4.79 Å². The van der Waals surface area contributed by atoms with Gasteiger partial charge in [0.2, 0.25) is 0 Å². The predicted molar refractivity (Wildman–Crippen MR) is 109 cm³/mol. The van der Waals surface area contributed by atoms with E-state index in [-0.39, 0.29) is 11.9 Å². The van der Waals surface area contributed by atoms with E-state index in [1.54, 1.807) is 7.11 Å². The van der Waals surface area contributed by atoms with Crippen molar-refractivity contribution in [1.82, 2.24) is 10.3 Å². The van der Waals surface area contributed by atoms with E-state index in [0.717, 1.165) is 40.6 Å². The van der Waals surface area contributed by atoms with Crippen LogP contribution in [0.4, 0.5) is 0 Å². The number of hydrogen-bond acceptors (Lipinski definition) is 4. The molecule has 6 nitrogen and oxygen atoms in total. The minimum atomic E-state index is -0.152. The third-order valence-electron chi connectivity index (χ3n) is 4.59. The van der Waals surface area contributed by atoms with Crippen molar-refractivity contribution in [3.63, 3.8) is 0 Å². The van der Waals surface area contributed by atoms with Crippen LogP contribution in [-0.4, -0.2) is 37.1 Å². The molecular weight excluding hydrogens is 340 g/mol. The Morgan fingerprint density at radius 1 is 1.15 bits per heavy atom. The zero-order chi connectivity index (χ0) is 19.2. The van der Waals surface area contributed by atoms with Crippen molar-refractivity contribution in [2.75, 3.05) is 20.2 Å². The SMILES string of the molecule is COc1ccc(-c2ccc3cc(C(=O)NCC(N)CCCN)[nH]c3c2)cc1. The first-order chi connectivity index (χ1) is 13.1. The molecule has 3 aromatic rings. The van der Waals surface area contributed by atoms with Crippen LogP contribution < -0.4 is 21.5 Å². The Bertz CT molecular complexity index is 902. The molecule has 6 heteroatoms. The number of rotatable bonds is 8. The number of benzene rings is 2. The van der Waals surface area contributed by atoms with Gasteiger partial charge in [-0.15, -0.1) is 0 Å². The number of hydrogen-bond donors (Lipinski definition) is 4. The molecule has 1 atom stereocenters. The maximum Gasteiger partial charge on any atom is 0.267 e. The zero-order valence-electron chi connectivity index (χ0n) is 15.5. The molecule has 0 aliphatic rings. The van der Waals surface area contributed by atoms with Gasteiger partial charge in [0.15, 0.2) is 0 Å². The molecule has 0 bridgehead atoms. The summed E-state index contributed by atoms with van der Waals surface area (Å²) < 4.78 is 5.20. The fourth-order valence-corrected chi connectivity index (χ4v) is 3.01. The largest absolute Gasteiger partial charge is 0.497 e. The van der Waals surface area contributed by atoms with Gasteiger partial charge in [0.1, 0.15) is 11.4 Å². The standard InChI is InChI=1S/C21H26N4O2/c1-27-18-8-6-14(7-9-18)15-4-5-16-12-20(25-19(16)11-15)21(26)24-13-17(23)3-2-10-22/h4-9,11-12,17,25H,2-3,10,13,22-23H2,1H3,(H,24,26). The molecule has 0 aliphatic heterocycles. The molecule has 0 fully saturated rings. The maximum atomic E-state index is 12.4. The van der Waals surface area contributed by atoms with Crippen LogP contribution in [0.15, 0.2) is 48.5 Å². The summed E-state index contributed by atoms with van der Waals surface area (Å²) in [6, 6.07) is 15.8. The smallest absolute Gasteiger partial charge is 0.267 e. The van der Waals surface area contributed by atoms with E-state index in [4.69, 9.17) is 16.2 Å². The highest BCUT2D eigenvalue weighted by atomic mass is 16.5. The monoisotopic (exact) mass is 366 g/mol. The van der Waals surface area contributed by atoms with Crippen molar-refractivity contribution >= 4 is 16.8 Å². The molecule has 1 aromatic heterocycles. The molecule has 142 valence electrons. The van der Waals surface area contributed by atoms with Gasteiger partial charge in [-0.2, -0.15) is 0 Å². The molecule has 1 amide bonds. The Morgan fingerprint density at radius 2 is 1.89 bits per heavy atom. The first kappa shape index (κ1) is 18.9. The molecule has 1 unspecified atom stereocenters. The number of carbonyl (C=O) groups excluding carboxylic acids is 1. The highest BCUT2D eigenvalue weighted by molar-refractivity contribution is 5.98. The van der Waals surface area contributed by atoms with Gasteiger partial charge in [0.05, 0.1) is 7.11 Å². The number of aromatic nitrogens is 1. The maximum absolute atomic E-state index is 12.4. The molecule has 0 spiro atoms. The first-order valence-electron chi connectivity index (χ1n) is 9.11. The van der Waals surface area contributed by atoms with E-state index in [0.29, 0.717) is 18.8 Å². The predicted octanol–water partition coefficient (Wildman–Crippen LogP) is 2.64. The molecule has 0 aliphatic carbocycles. The molecule has 0 saturated heterocycles. The van der Waals surface area contributed by atoms with Gasteiger partial charge in [-0.05, 0) is 54.8 Å². The van der Waals surface area contributed by atoms with Gasteiger partial charge in [0.25, 0.3) is 5.91 Å². The third kappa shape index (κ3) is 4.67. The number of amides is 1. The zero-order valence-corrected chi connectivity index (χ0v) is 15.5. The second-order valence-electron chi connectivity index (χ2n) is 6.61. The van der Waals surface area contributed by atoms with Crippen LogP contribution in [0.5, 0.6) is 5.75 Å². The number of nitrogens with two attached hydrogens (primary N) is 2. The Balaban J connectivity index is 1.72. The van der Waals surface area contributed by atoms with E-state index < -0.39 is 0 Å². The summed E-state index contributed by atoms with van der Waals surface area (Å²) in [7, 11) is 1.65. The summed E-state index contributed by atoms with van der Waals surface area (Å²) in [6.07, 6.45) is 1.66. The molecule has 1 heterocycles. The Labute approximate surface area is 158 Å². The second kappa shape index (κ2) is 8.70. The summed E-state index contributed by atoms with van der Waals surface area (Å²) in [5.74, 6) is 0.670. The van der Waals surface area contributed by atoms with Gasteiger partial charge >= 0.3 is 0 Å². The molecule has 2 aromatic carbocycles. The van der Waals surface area contributed by atoms with Crippen molar-refractivity contribution in [3.8, 4) is 16.9 Å². The number of H-pyrrole nitrogens is 1. The van der Waals surface area contributed by atoms with Crippen molar-refractivity contribution in [1.29, 1.82) is 0 Å². The third-order valence-corrected chi connectivity index (χ3v) is 4.59. The van der Waals surface area contributed by atoms with Crippen LogP contribution >= 0.6 is 0 Å². The van der Waals surface area contributed by atoms with Gasteiger partial charge < -0.3 is 26.5 Å². The lowest BCUT2D eigenvalue weighted by Gasteiger charge is -2.11. The summed E-state index contributed by atoms with van der Waals surface area (Å²) in [6.45, 7) is 1.05. The van der Waals surface area contributed by atoms with Crippen LogP contribution in [0.2, 0.25) is 0 Å². The van der Waals surface area contributed by atoms with Crippen LogP contribution in [-0.2, 0) is 0 Å². The average molecular weight is 366 g/mol. The van der Waals surface area contributed by atoms with Crippen LogP contribution in [0.3, 0.4) is 0 Å². The van der Waals surface area contributed by atoms with E-state index in [1.165, 1.54) is 0 Å². The Kier molecular flexibility index (Phi) is 6.11. The molecule has 0 saturated carbocycles. The van der Waals surface area contributed by atoms with Crippen molar-refractivity contribution in [2.45, 2.75) is 18.9 Å². The summed E-state index contributed by atoms with van der Waals surface area (Å²) >= 11 is 0. The fraction of sp³-hybridized carbons (Fsp3) is 0.286. The number of ether oxygens (including phenoxy) is 1. The summed E-state index contributed by atoms with van der Waals surface area (Å²) in [5.41, 5.74) is 15.1. The van der Waals surface area contributed by atoms with Gasteiger partial charge in [-0.25, -0.2) is 0 Å². The Morgan fingerprint density at radius 3 is 2.59 bits per heavy atom. The van der Waals surface area contributed by atoms with Crippen molar-refractivity contribution in [2.24, 2.45) is 11.5 Å². The highest BCUT2D eigenvalue weighted by Gasteiger charge is 2.11. The normalized spacial score (nSPS) is 12.1. The number of nitrogens with one attached hydrogen (secondary N) is 2. The van der Waals surface area contributed by atoms with E-state index >= 15 is 0 Å². The highest BCUT2D eigenvalue weighted by Crippen LogP contribution is 2.26. The number of methoxy groups -OCH3 is 1. The van der Waals surface area contributed by atoms with Crippen molar-refractivity contribution in [3.05, 3.63) is 54.2 Å². The van der Waals surface area contributed by atoms with Gasteiger partial charge in [-0.3, -0.25) is 4.79 Å². The average Bonchev–Trinajstić information content (AvgIpc) is 3.14. The lowest BCUT2D eigenvalue weighted by molar-refractivity contribution is 0.0946. The van der Waals surface area contributed by atoms with E-state index in [2.05, 4.69) is 10.3 Å². The van der Waals surface area contributed by atoms with Crippen LogP contribution in [0, 0.1) is 0 Å².